The van der Waals surface area contributed by atoms with Gasteiger partial charge in [-0.15, -0.1) is 0 Å². The number of hydrogen-bond acceptors (Lipinski definition) is 0. The Kier molecular flexibility index (Phi) is 4.17. The van der Waals surface area contributed by atoms with Gasteiger partial charge in [0.2, 0.25) is 0 Å². The van der Waals surface area contributed by atoms with Crippen molar-refractivity contribution in [3.05, 3.63) is 126 Å². The zero-order valence-electron chi connectivity index (χ0n) is 20.3. The number of nitrogens with zero attached hydrogens (tertiary/aromatic N) is 1. The summed E-state index contributed by atoms with van der Waals surface area (Å²) < 4.78 is 2.48. The zero-order valence-corrected chi connectivity index (χ0v) is 20.3. The van der Waals surface area contributed by atoms with Gasteiger partial charge >= 0.3 is 0 Å². The summed E-state index contributed by atoms with van der Waals surface area (Å²) >= 11 is 0. The third kappa shape index (κ3) is 2.88. The van der Waals surface area contributed by atoms with Gasteiger partial charge < -0.3 is 4.57 Å². The molecule has 0 radical (unpaired) electrons. The van der Waals surface area contributed by atoms with Crippen molar-refractivity contribution >= 4 is 21.8 Å². The van der Waals surface area contributed by atoms with Crippen molar-refractivity contribution in [2.24, 2.45) is 0 Å². The second kappa shape index (κ2) is 7.20. The maximum Gasteiger partial charge on any atom is 0.0582 e. The second-order valence-corrected chi connectivity index (χ2v) is 10.4. The molecule has 0 saturated carbocycles. The molecule has 5 aromatic carbocycles. The van der Waals surface area contributed by atoms with Crippen molar-refractivity contribution in [1.29, 1.82) is 0 Å². The summed E-state index contributed by atoms with van der Waals surface area (Å²) in [5.41, 5.74) is 12.9. The van der Waals surface area contributed by atoms with Gasteiger partial charge in [-0.05, 0) is 64.6 Å². The summed E-state index contributed by atoms with van der Waals surface area (Å²) in [4.78, 5) is 0. The Morgan fingerprint density at radius 1 is 0.543 bits per heavy atom. The van der Waals surface area contributed by atoms with Gasteiger partial charge in [0.25, 0.3) is 0 Å². The molecule has 2 heterocycles. The van der Waals surface area contributed by atoms with Gasteiger partial charge in [0.15, 0.2) is 0 Å². The lowest BCUT2D eigenvalue weighted by Gasteiger charge is -2.35. The first-order valence-corrected chi connectivity index (χ1v) is 12.4. The van der Waals surface area contributed by atoms with Crippen LogP contribution in [0.1, 0.15) is 30.5 Å². The molecule has 0 atom stereocenters. The molecule has 7 rings (SSSR count). The van der Waals surface area contributed by atoms with Crippen LogP contribution in [0.5, 0.6) is 0 Å². The van der Waals surface area contributed by atoms with Crippen LogP contribution >= 0.6 is 0 Å². The first-order valence-electron chi connectivity index (χ1n) is 12.4. The summed E-state index contributed by atoms with van der Waals surface area (Å²) in [6, 6.07) is 40.3. The molecular weight excluding hydrogens is 422 g/mol. The van der Waals surface area contributed by atoms with Crippen LogP contribution in [0.3, 0.4) is 0 Å². The second-order valence-electron chi connectivity index (χ2n) is 10.4. The highest BCUT2D eigenvalue weighted by Gasteiger charge is 2.35. The number of para-hydroxylation sites is 2. The monoisotopic (exact) mass is 449 g/mol. The SMILES string of the molecule is Cc1ccc(-c2cccc(-c3ccc4c(c3)C(C)(C)c3cccc5c6ccccc6n-4c35)c2)cc1. The average Bonchev–Trinajstić information content (AvgIpc) is 3.23. The fourth-order valence-corrected chi connectivity index (χ4v) is 5.95. The Hall–Kier alpha value is -4.10. The zero-order chi connectivity index (χ0) is 23.7. The highest BCUT2D eigenvalue weighted by molar-refractivity contribution is 6.11. The van der Waals surface area contributed by atoms with E-state index >= 15 is 0 Å². The molecule has 35 heavy (non-hydrogen) atoms. The molecule has 0 spiro atoms. The number of benzene rings is 5. The normalized spacial score (nSPS) is 13.8. The van der Waals surface area contributed by atoms with Crippen LogP contribution < -0.4 is 0 Å². The van der Waals surface area contributed by atoms with E-state index in [9.17, 15) is 0 Å². The highest BCUT2D eigenvalue weighted by atomic mass is 15.0. The molecule has 1 aromatic heterocycles. The molecule has 1 heteroatoms. The molecule has 168 valence electrons. The number of aryl methyl sites for hydroxylation is 1. The summed E-state index contributed by atoms with van der Waals surface area (Å²) in [6.07, 6.45) is 0. The van der Waals surface area contributed by atoms with E-state index < -0.39 is 0 Å². The quantitative estimate of drug-likeness (QED) is 0.248. The molecule has 0 fully saturated rings. The maximum absolute atomic E-state index is 2.48. The molecule has 0 N–H and O–H groups in total. The molecule has 6 aromatic rings. The topological polar surface area (TPSA) is 4.93 Å². The van der Waals surface area contributed by atoms with Gasteiger partial charge in [-0.3, -0.25) is 0 Å². The Morgan fingerprint density at radius 2 is 1.20 bits per heavy atom. The highest BCUT2D eigenvalue weighted by Crippen LogP contribution is 2.48. The van der Waals surface area contributed by atoms with Crippen LogP contribution in [0.25, 0.3) is 49.7 Å². The van der Waals surface area contributed by atoms with E-state index in [2.05, 4.69) is 135 Å². The predicted octanol–water partition coefficient (Wildman–Crippen LogP) is 9.07. The lowest BCUT2D eigenvalue weighted by atomic mass is 9.74. The van der Waals surface area contributed by atoms with E-state index in [1.165, 1.54) is 66.4 Å². The number of fused-ring (bicyclic) bond motifs is 5. The summed E-state index contributed by atoms with van der Waals surface area (Å²) in [6.45, 7) is 6.87. The van der Waals surface area contributed by atoms with E-state index in [0.717, 1.165) is 0 Å². The van der Waals surface area contributed by atoms with E-state index in [0.29, 0.717) is 0 Å². The number of aromatic nitrogens is 1. The number of rotatable bonds is 2. The summed E-state index contributed by atoms with van der Waals surface area (Å²) in [7, 11) is 0. The Balaban J connectivity index is 1.45. The third-order valence-corrected chi connectivity index (χ3v) is 7.86. The maximum atomic E-state index is 2.48. The standard InChI is InChI=1S/C34H27N/c1-22-14-16-23(17-15-22)24-8-6-9-25(20-24)26-18-19-32-30(21-26)34(2,3)29-12-7-11-28-27-10-4-5-13-31(27)35(32)33(28)29/h4-21H,1-3H3. The molecule has 0 amide bonds. The molecule has 0 bridgehead atoms. The molecule has 1 aliphatic rings. The van der Waals surface area contributed by atoms with Gasteiger partial charge in [-0.25, -0.2) is 0 Å². The summed E-state index contributed by atoms with van der Waals surface area (Å²) in [5.74, 6) is 0. The lowest BCUT2D eigenvalue weighted by molar-refractivity contribution is 0.630. The predicted molar refractivity (Wildman–Crippen MR) is 149 cm³/mol. The molecule has 0 unspecified atom stereocenters. The van der Waals surface area contributed by atoms with Crippen molar-refractivity contribution in [3.8, 4) is 27.9 Å². The third-order valence-electron chi connectivity index (χ3n) is 7.86. The van der Waals surface area contributed by atoms with Gasteiger partial charge in [0.05, 0.1) is 16.7 Å². The van der Waals surface area contributed by atoms with E-state index in [-0.39, 0.29) is 5.41 Å². The van der Waals surface area contributed by atoms with Gasteiger partial charge in [0, 0.05) is 16.2 Å². The van der Waals surface area contributed by atoms with E-state index in [1.807, 2.05) is 0 Å². The lowest BCUT2D eigenvalue weighted by Crippen LogP contribution is -2.26. The fraction of sp³-hybridized carbons (Fsp3) is 0.118. The van der Waals surface area contributed by atoms with Gasteiger partial charge in [-0.2, -0.15) is 0 Å². The van der Waals surface area contributed by atoms with Crippen molar-refractivity contribution in [2.75, 3.05) is 0 Å². The minimum Gasteiger partial charge on any atom is -0.309 e. The minimum absolute atomic E-state index is 0.0935. The van der Waals surface area contributed by atoms with Gasteiger partial charge in [-0.1, -0.05) is 104 Å². The molecule has 1 aliphatic heterocycles. The fourth-order valence-electron chi connectivity index (χ4n) is 5.95. The molecule has 0 aliphatic carbocycles. The van der Waals surface area contributed by atoms with Crippen LogP contribution in [0.2, 0.25) is 0 Å². The van der Waals surface area contributed by atoms with Crippen molar-refractivity contribution in [1.82, 2.24) is 4.57 Å². The Bertz CT molecular complexity index is 1760. The Morgan fingerprint density at radius 3 is 2.03 bits per heavy atom. The first kappa shape index (κ1) is 20.3. The van der Waals surface area contributed by atoms with Crippen LogP contribution in [0.15, 0.2) is 109 Å². The first-order chi connectivity index (χ1) is 17.0. The van der Waals surface area contributed by atoms with Crippen LogP contribution in [0, 0.1) is 6.92 Å². The Labute approximate surface area is 206 Å². The minimum atomic E-state index is -0.0935. The van der Waals surface area contributed by atoms with Crippen molar-refractivity contribution < 1.29 is 0 Å². The molecular formula is C34H27N. The van der Waals surface area contributed by atoms with Crippen LogP contribution in [-0.4, -0.2) is 4.57 Å². The average molecular weight is 450 g/mol. The van der Waals surface area contributed by atoms with E-state index in [1.54, 1.807) is 0 Å². The molecule has 0 saturated heterocycles. The smallest absolute Gasteiger partial charge is 0.0582 e. The number of hydrogen-bond donors (Lipinski definition) is 0. The van der Waals surface area contributed by atoms with Crippen molar-refractivity contribution in [2.45, 2.75) is 26.2 Å². The largest absolute Gasteiger partial charge is 0.309 e. The van der Waals surface area contributed by atoms with Gasteiger partial charge in [0.1, 0.15) is 0 Å². The molecule has 1 nitrogen and oxygen atoms in total. The van der Waals surface area contributed by atoms with Crippen molar-refractivity contribution in [3.63, 3.8) is 0 Å². The van der Waals surface area contributed by atoms with E-state index in [4.69, 9.17) is 0 Å². The van der Waals surface area contributed by atoms with Crippen LogP contribution in [-0.2, 0) is 5.41 Å². The van der Waals surface area contributed by atoms with Crippen LogP contribution in [0.4, 0.5) is 0 Å². The summed E-state index contributed by atoms with van der Waals surface area (Å²) in [5, 5.41) is 2.66.